The minimum atomic E-state index is -2.08. The van der Waals surface area contributed by atoms with Crippen LogP contribution in [0.3, 0.4) is 0 Å². The Labute approximate surface area is 400 Å². The molecule has 16 nitrogen and oxygen atoms in total. The molecule has 3 N–H and O–H groups in total. The van der Waals surface area contributed by atoms with Gasteiger partial charge in [0.1, 0.15) is 47.8 Å². The maximum atomic E-state index is 16.4. The van der Waals surface area contributed by atoms with Crippen LogP contribution in [0.2, 0.25) is 0 Å². The van der Waals surface area contributed by atoms with Gasteiger partial charge in [-0.05, 0) is 76.9 Å². The summed E-state index contributed by atoms with van der Waals surface area (Å²) in [6, 6.07) is 41.7. The summed E-state index contributed by atoms with van der Waals surface area (Å²) in [4.78, 5) is 72.9. The number of rotatable bonds is 10. The molecule has 1 spiro atoms. The van der Waals surface area contributed by atoms with E-state index in [-0.39, 0.29) is 43.3 Å². The van der Waals surface area contributed by atoms with Crippen LogP contribution in [0.15, 0.2) is 152 Å². The second kappa shape index (κ2) is 18.1. The quantitative estimate of drug-likeness (QED) is 0.0737. The topological polar surface area (TPSA) is 194 Å². The molecule has 6 atom stereocenters. The summed E-state index contributed by atoms with van der Waals surface area (Å²) >= 11 is 0. The van der Waals surface area contributed by atoms with Crippen molar-refractivity contribution in [1.29, 1.82) is 0 Å². The first kappa shape index (κ1) is 43.9. The van der Waals surface area contributed by atoms with E-state index in [0.29, 0.717) is 33.5 Å². The van der Waals surface area contributed by atoms with E-state index in [1.165, 1.54) is 19.2 Å². The number of morpholine rings is 1. The van der Waals surface area contributed by atoms with E-state index in [2.05, 4.69) is 32.5 Å². The number of H-pyrrole nitrogens is 1. The largest absolute Gasteiger partial charge is 0.508 e. The third-order valence-electron chi connectivity index (χ3n) is 13.4. The Morgan fingerprint density at radius 2 is 1.53 bits per heavy atom. The van der Waals surface area contributed by atoms with E-state index in [9.17, 15) is 9.90 Å². The number of benzene rings is 6. The third kappa shape index (κ3) is 7.39. The van der Waals surface area contributed by atoms with E-state index in [4.69, 9.17) is 19.2 Å². The molecule has 2 aromatic heterocycles. The highest BCUT2D eigenvalue weighted by atomic mass is 16.6. The third-order valence-corrected chi connectivity index (χ3v) is 13.4. The first-order chi connectivity index (χ1) is 34.3. The molecule has 0 radical (unpaired) electrons. The van der Waals surface area contributed by atoms with Crippen molar-refractivity contribution in [2.75, 3.05) is 25.2 Å². The lowest BCUT2D eigenvalue weighted by molar-refractivity contribution is -0.178. The Balaban J connectivity index is 1.15. The van der Waals surface area contributed by atoms with Crippen molar-refractivity contribution in [2.24, 2.45) is 5.92 Å². The lowest BCUT2D eigenvalue weighted by Gasteiger charge is -2.46. The van der Waals surface area contributed by atoms with Gasteiger partial charge in [-0.2, -0.15) is 0 Å². The average molecular weight is 933 g/mol. The molecule has 11 rings (SSSR count). The standard InChI is InChI=1S/C54H44N8O8/c1-68-29-30-69-53(67)61-42-27-22-33(13-12-28-60-43-21-11-10-20-41(43)58-59-60)31-38(42)54(52(61)66)45(50(64)55-32-44-56-39-18-8-9-19-40(39)57-44)47-51(65)70-48(35-16-6-3-7-17-35)46(34-14-4-2-5-15-34)62(47)49(54)36-23-25-37(63)26-24-36/h2-11,14-27,31,45-49,63H,28-30,32H2,1H3,(H,55,64)(H,56,57). The highest BCUT2D eigenvalue weighted by Gasteiger charge is 2.75. The molecule has 0 bridgehead atoms. The molecular weight excluding hydrogens is 889 g/mol. The minimum Gasteiger partial charge on any atom is -0.508 e. The molecule has 5 heterocycles. The van der Waals surface area contributed by atoms with Gasteiger partial charge >= 0.3 is 12.1 Å². The Morgan fingerprint density at radius 1 is 0.814 bits per heavy atom. The van der Waals surface area contributed by atoms with Gasteiger partial charge in [-0.3, -0.25) is 19.3 Å². The van der Waals surface area contributed by atoms with Crippen LogP contribution in [0.4, 0.5) is 10.5 Å². The molecule has 348 valence electrons. The normalized spacial score (nSPS) is 21.6. The van der Waals surface area contributed by atoms with Crippen LogP contribution in [0.25, 0.3) is 22.1 Å². The fraction of sp³-hybridized carbons (Fsp3) is 0.204. The zero-order valence-corrected chi connectivity index (χ0v) is 37.6. The molecule has 2 fully saturated rings. The van der Waals surface area contributed by atoms with E-state index in [1.54, 1.807) is 35.0 Å². The first-order valence-electron chi connectivity index (χ1n) is 22.8. The average Bonchev–Trinajstić information content (AvgIpc) is 4.15. The Hall–Kier alpha value is -8.65. The number of methoxy groups -OCH3 is 1. The fourth-order valence-electron chi connectivity index (χ4n) is 10.5. The van der Waals surface area contributed by atoms with Crippen molar-refractivity contribution in [3.8, 4) is 17.6 Å². The van der Waals surface area contributed by atoms with Gasteiger partial charge in [0.15, 0.2) is 0 Å². The monoisotopic (exact) mass is 932 g/mol. The summed E-state index contributed by atoms with van der Waals surface area (Å²) in [5, 5.41) is 22.4. The molecule has 6 aromatic carbocycles. The number of esters is 1. The summed E-state index contributed by atoms with van der Waals surface area (Å²) < 4.78 is 19.1. The molecule has 3 amide bonds. The number of aromatic nitrogens is 5. The number of imidazole rings is 1. The summed E-state index contributed by atoms with van der Waals surface area (Å²) in [6.45, 7) is -0.0664. The van der Waals surface area contributed by atoms with Crippen molar-refractivity contribution < 1.29 is 38.5 Å². The molecule has 3 aliphatic heterocycles. The van der Waals surface area contributed by atoms with Gasteiger partial charge in [-0.1, -0.05) is 114 Å². The molecule has 8 aromatic rings. The molecule has 6 unspecified atom stereocenters. The number of carbonyl (C=O) groups excluding carboxylic acids is 4. The number of phenols is 1. The number of anilines is 1. The molecule has 3 aliphatic rings. The Kier molecular flexibility index (Phi) is 11.4. The number of imide groups is 1. The summed E-state index contributed by atoms with van der Waals surface area (Å²) in [6.07, 6.45) is -1.94. The number of hydrogen-bond acceptors (Lipinski definition) is 12. The first-order valence-corrected chi connectivity index (χ1v) is 22.8. The molecule has 0 saturated carbocycles. The van der Waals surface area contributed by atoms with Crippen LogP contribution in [0, 0.1) is 17.8 Å². The van der Waals surface area contributed by atoms with E-state index >= 15 is 14.4 Å². The van der Waals surface area contributed by atoms with Crippen LogP contribution >= 0.6 is 0 Å². The number of aromatic amines is 1. The second-order valence-electron chi connectivity index (χ2n) is 17.3. The van der Waals surface area contributed by atoms with Crippen molar-refractivity contribution in [3.05, 3.63) is 185 Å². The number of amides is 3. The molecule has 2 saturated heterocycles. The predicted molar refractivity (Wildman–Crippen MR) is 256 cm³/mol. The highest BCUT2D eigenvalue weighted by molar-refractivity contribution is 6.23. The van der Waals surface area contributed by atoms with Gasteiger partial charge in [0, 0.05) is 12.7 Å². The fourth-order valence-corrected chi connectivity index (χ4v) is 10.5. The minimum absolute atomic E-state index is 0.0473. The molecular formula is C54H44N8O8. The van der Waals surface area contributed by atoms with Crippen LogP contribution in [-0.2, 0) is 47.1 Å². The zero-order chi connectivity index (χ0) is 47.9. The van der Waals surface area contributed by atoms with Crippen molar-refractivity contribution in [3.63, 3.8) is 0 Å². The van der Waals surface area contributed by atoms with Crippen LogP contribution < -0.4 is 10.2 Å². The summed E-state index contributed by atoms with van der Waals surface area (Å²) in [7, 11) is 1.46. The second-order valence-corrected chi connectivity index (χ2v) is 17.3. The van der Waals surface area contributed by atoms with Crippen LogP contribution in [0.1, 0.15) is 51.8 Å². The number of aromatic hydroxyl groups is 1. The van der Waals surface area contributed by atoms with E-state index in [0.717, 1.165) is 21.5 Å². The summed E-state index contributed by atoms with van der Waals surface area (Å²) in [5.74, 6) is 3.00. The molecule has 0 aliphatic carbocycles. The SMILES string of the molecule is COCCOC(=O)N1C(=O)C2(c3cc(C#CCn4nnc5ccccc54)ccc31)C(C(=O)NCc1nc3ccccc3[nH]1)C1C(=O)OC(c3ccccc3)C(c3ccccc3)N1C2c1ccc(O)cc1. The highest BCUT2D eigenvalue weighted by Crippen LogP contribution is 2.66. The Bertz CT molecular complexity index is 3330. The predicted octanol–water partition coefficient (Wildman–Crippen LogP) is 6.83. The number of ether oxygens (including phenoxy) is 3. The van der Waals surface area contributed by atoms with Crippen molar-refractivity contribution in [2.45, 2.75) is 42.7 Å². The van der Waals surface area contributed by atoms with Gasteiger partial charge in [-0.25, -0.2) is 19.4 Å². The van der Waals surface area contributed by atoms with Gasteiger partial charge < -0.3 is 29.6 Å². The molecule has 70 heavy (non-hydrogen) atoms. The van der Waals surface area contributed by atoms with Gasteiger partial charge in [0.25, 0.3) is 0 Å². The number of nitrogens with one attached hydrogen (secondary N) is 2. The maximum Gasteiger partial charge on any atom is 0.421 e. The lowest BCUT2D eigenvalue weighted by atomic mass is 9.65. The van der Waals surface area contributed by atoms with Crippen LogP contribution in [0.5, 0.6) is 5.75 Å². The number of carbonyl (C=O) groups is 4. The number of nitrogens with zero attached hydrogens (tertiary/aromatic N) is 6. The zero-order valence-electron chi connectivity index (χ0n) is 37.6. The number of cyclic esters (lactones) is 1. The number of fused-ring (bicyclic) bond motifs is 5. The molecule has 16 heteroatoms. The van der Waals surface area contributed by atoms with Gasteiger partial charge in [0.05, 0.1) is 53.4 Å². The number of hydrogen-bond donors (Lipinski definition) is 3. The maximum absolute atomic E-state index is 16.4. The number of phenolic OH excluding ortho intramolecular Hbond substituents is 1. The van der Waals surface area contributed by atoms with Crippen LogP contribution in [-0.4, -0.2) is 85.2 Å². The van der Waals surface area contributed by atoms with Crippen molar-refractivity contribution in [1.82, 2.24) is 35.2 Å². The van der Waals surface area contributed by atoms with Gasteiger partial charge in [0.2, 0.25) is 11.8 Å². The van der Waals surface area contributed by atoms with Gasteiger partial charge in [-0.15, -0.1) is 5.10 Å². The smallest absolute Gasteiger partial charge is 0.421 e. The lowest BCUT2D eigenvalue weighted by Crippen LogP contribution is -2.55. The van der Waals surface area contributed by atoms with E-state index < -0.39 is 59.4 Å². The van der Waals surface area contributed by atoms with E-state index in [1.807, 2.05) is 114 Å². The Morgan fingerprint density at radius 3 is 2.29 bits per heavy atom. The van der Waals surface area contributed by atoms with Crippen molar-refractivity contribution >= 4 is 51.6 Å². The number of para-hydroxylation sites is 3. The summed E-state index contributed by atoms with van der Waals surface area (Å²) in [5.41, 5.74) is 3.60.